The van der Waals surface area contributed by atoms with E-state index in [-0.39, 0.29) is 30.0 Å². The van der Waals surface area contributed by atoms with Gasteiger partial charge >= 0.3 is 0 Å². The van der Waals surface area contributed by atoms with Crippen LogP contribution in [-0.4, -0.2) is 43.0 Å². The zero-order valence-electron chi connectivity index (χ0n) is 17.2. The van der Waals surface area contributed by atoms with Crippen molar-refractivity contribution in [2.45, 2.75) is 40.3 Å². The van der Waals surface area contributed by atoms with E-state index in [1.54, 1.807) is 11.3 Å². The van der Waals surface area contributed by atoms with Gasteiger partial charge in [0.25, 0.3) is 0 Å². The highest BCUT2D eigenvalue weighted by atomic mass is 127. The van der Waals surface area contributed by atoms with Gasteiger partial charge in [-0.05, 0) is 47.4 Å². The zero-order valence-corrected chi connectivity index (χ0v) is 20.3. The van der Waals surface area contributed by atoms with Crippen LogP contribution in [0.15, 0.2) is 29.3 Å². The van der Waals surface area contributed by atoms with Crippen molar-refractivity contribution in [1.29, 1.82) is 0 Å². The van der Waals surface area contributed by atoms with Crippen LogP contribution in [0.1, 0.15) is 39.7 Å². The van der Waals surface area contributed by atoms with Crippen LogP contribution in [0.25, 0.3) is 0 Å². The van der Waals surface area contributed by atoms with E-state index in [0.29, 0.717) is 6.54 Å². The third-order valence-corrected chi connectivity index (χ3v) is 5.40. The Balaban J connectivity index is 0.00000364. The van der Waals surface area contributed by atoms with Crippen molar-refractivity contribution >= 4 is 41.3 Å². The fourth-order valence-electron chi connectivity index (χ4n) is 2.68. The Morgan fingerprint density at radius 3 is 2.33 bits per heavy atom. The van der Waals surface area contributed by atoms with E-state index in [1.807, 2.05) is 6.92 Å². The van der Waals surface area contributed by atoms with Crippen molar-refractivity contribution < 1.29 is 0 Å². The van der Waals surface area contributed by atoms with Gasteiger partial charge in [-0.2, -0.15) is 0 Å². The van der Waals surface area contributed by atoms with Crippen LogP contribution in [0.4, 0.5) is 0 Å². The van der Waals surface area contributed by atoms with Gasteiger partial charge in [-0.3, -0.25) is 0 Å². The van der Waals surface area contributed by atoms with Gasteiger partial charge in [-0.15, -0.1) is 35.3 Å². The van der Waals surface area contributed by atoms with Gasteiger partial charge in [0, 0.05) is 18.0 Å². The second kappa shape index (κ2) is 11.6. The van der Waals surface area contributed by atoms with Gasteiger partial charge in [0.05, 0.1) is 18.3 Å². The summed E-state index contributed by atoms with van der Waals surface area (Å²) in [5.74, 6) is 0.831. The standard InChI is InChI=1S/C20H31N5S.HI/c1-7-21-20(23-13-19-24-15(3)16(4)26-19)22-12-18(25(5)6)17-10-8-14(2)9-11-17;/h8-11,18H,7,12-13H2,1-6H3,(H2,21,22,23);1H. The topological polar surface area (TPSA) is 52.6 Å². The van der Waals surface area contributed by atoms with Crippen molar-refractivity contribution in [2.75, 3.05) is 27.2 Å². The molecule has 0 saturated heterocycles. The maximum absolute atomic E-state index is 4.70. The lowest BCUT2D eigenvalue weighted by molar-refractivity contribution is 0.298. The third-order valence-electron chi connectivity index (χ3n) is 4.34. The van der Waals surface area contributed by atoms with E-state index in [2.05, 4.69) is 79.6 Å². The first kappa shape index (κ1) is 23.8. The number of benzene rings is 1. The summed E-state index contributed by atoms with van der Waals surface area (Å²) in [6.07, 6.45) is 0. The van der Waals surface area contributed by atoms with Crippen molar-refractivity contribution in [2.24, 2.45) is 4.99 Å². The molecule has 150 valence electrons. The molecule has 0 fully saturated rings. The maximum atomic E-state index is 4.70. The number of guanidine groups is 1. The second-order valence-electron chi connectivity index (χ2n) is 6.72. The summed E-state index contributed by atoms with van der Waals surface area (Å²) in [7, 11) is 4.22. The monoisotopic (exact) mass is 501 g/mol. The van der Waals surface area contributed by atoms with Gasteiger partial charge in [-0.25, -0.2) is 9.98 Å². The predicted octanol–water partition coefficient (Wildman–Crippen LogP) is 4.04. The summed E-state index contributed by atoms with van der Waals surface area (Å²) in [6.45, 7) is 10.6. The Labute approximate surface area is 184 Å². The summed E-state index contributed by atoms with van der Waals surface area (Å²) < 4.78 is 0. The lowest BCUT2D eigenvalue weighted by atomic mass is 10.0. The minimum atomic E-state index is 0. The van der Waals surface area contributed by atoms with E-state index in [1.165, 1.54) is 16.0 Å². The smallest absolute Gasteiger partial charge is 0.191 e. The molecule has 0 aliphatic rings. The first-order valence-corrected chi connectivity index (χ1v) is 9.90. The molecule has 0 aliphatic carbocycles. The number of thiazole rings is 1. The fourth-order valence-corrected chi connectivity index (χ4v) is 3.53. The summed E-state index contributed by atoms with van der Waals surface area (Å²) in [4.78, 5) is 12.8. The Kier molecular flexibility index (Phi) is 10.3. The van der Waals surface area contributed by atoms with Crippen LogP contribution < -0.4 is 10.6 Å². The van der Waals surface area contributed by atoms with Gasteiger partial charge in [0.1, 0.15) is 5.01 Å². The molecule has 0 saturated carbocycles. The van der Waals surface area contributed by atoms with Crippen LogP contribution in [0, 0.1) is 20.8 Å². The van der Waals surface area contributed by atoms with Crippen molar-refractivity contribution in [3.63, 3.8) is 0 Å². The number of halogens is 1. The molecule has 0 aliphatic heterocycles. The molecular formula is C20H32IN5S. The summed E-state index contributed by atoms with van der Waals surface area (Å²) in [6, 6.07) is 9.01. The van der Waals surface area contributed by atoms with E-state index in [0.717, 1.165) is 29.8 Å². The minimum absolute atomic E-state index is 0. The molecule has 0 radical (unpaired) electrons. The number of hydrogen-bond donors (Lipinski definition) is 2. The lowest BCUT2D eigenvalue weighted by Gasteiger charge is -2.26. The minimum Gasteiger partial charge on any atom is -0.357 e. The number of aryl methyl sites for hydroxylation is 3. The normalized spacial score (nSPS) is 12.6. The quantitative estimate of drug-likeness (QED) is 0.342. The number of rotatable bonds is 7. The van der Waals surface area contributed by atoms with E-state index >= 15 is 0 Å². The number of nitrogens with one attached hydrogen (secondary N) is 2. The fraction of sp³-hybridized carbons (Fsp3) is 0.500. The van der Waals surface area contributed by atoms with Crippen LogP contribution in [0.2, 0.25) is 0 Å². The third kappa shape index (κ3) is 7.38. The number of aliphatic imine (C=N–C) groups is 1. The van der Waals surface area contributed by atoms with Gasteiger partial charge in [0.2, 0.25) is 0 Å². The molecule has 0 spiro atoms. The molecule has 0 amide bonds. The maximum Gasteiger partial charge on any atom is 0.191 e. The lowest BCUT2D eigenvalue weighted by Crippen LogP contribution is -2.41. The molecule has 5 nitrogen and oxygen atoms in total. The van der Waals surface area contributed by atoms with Gasteiger partial charge < -0.3 is 15.5 Å². The molecule has 27 heavy (non-hydrogen) atoms. The molecule has 1 atom stereocenters. The van der Waals surface area contributed by atoms with Crippen LogP contribution in [0.5, 0.6) is 0 Å². The van der Waals surface area contributed by atoms with E-state index < -0.39 is 0 Å². The molecule has 1 unspecified atom stereocenters. The van der Waals surface area contributed by atoms with Crippen LogP contribution in [-0.2, 0) is 6.54 Å². The second-order valence-corrected chi connectivity index (χ2v) is 8.00. The largest absolute Gasteiger partial charge is 0.357 e. The van der Waals surface area contributed by atoms with Gasteiger partial charge in [0.15, 0.2) is 5.96 Å². The Bertz CT molecular complexity index is 705. The first-order valence-electron chi connectivity index (χ1n) is 9.08. The number of hydrogen-bond acceptors (Lipinski definition) is 4. The Hall–Kier alpha value is -1.19. The number of nitrogens with zero attached hydrogens (tertiary/aromatic N) is 3. The van der Waals surface area contributed by atoms with Crippen molar-refractivity contribution in [3.8, 4) is 0 Å². The molecular weight excluding hydrogens is 469 g/mol. The SMILES string of the molecule is CCNC(=NCc1nc(C)c(C)s1)NCC(c1ccc(C)cc1)N(C)C.I. The van der Waals surface area contributed by atoms with E-state index in [9.17, 15) is 0 Å². The highest BCUT2D eigenvalue weighted by molar-refractivity contribution is 14.0. The molecule has 2 N–H and O–H groups in total. The zero-order chi connectivity index (χ0) is 19.1. The summed E-state index contributed by atoms with van der Waals surface area (Å²) in [5, 5.41) is 7.86. The average molecular weight is 501 g/mol. The highest BCUT2D eigenvalue weighted by Crippen LogP contribution is 2.18. The molecule has 1 aromatic carbocycles. The molecule has 0 bridgehead atoms. The molecule has 7 heteroatoms. The predicted molar refractivity (Wildman–Crippen MR) is 127 cm³/mol. The first-order chi connectivity index (χ1) is 12.4. The van der Waals surface area contributed by atoms with Crippen LogP contribution in [0.3, 0.4) is 0 Å². The van der Waals surface area contributed by atoms with Crippen LogP contribution >= 0.6 is 35.3 Å². The van der Waals surface area contributed by atoms with Crippen molar-refractivity contribution in [3.05, 3.63) is 51.0 Å². The molecule has 2 aromatic rings. The summed E-state index contributed by atoms with van der Waals surface area (Å²) >= 11 is 1.72. The Morgan fingerprint density at radius 1 is 1.15 bits per heavy atom. The molecule has 1 aromatic heterocycles. The van der Waals surface area contributed by atoms with E-state index in [4.69, 9.17) is 4.99 Å². The number of likely N-dealkylation sites (N-methyl/N-ethyl adjacent to an activating group) is 1. The average Bonchev–Trinajstić information content (AvgIpc) is 2.92. The Morgan fingerprint density at radius 2 is 1.81 bits per heavy atom. The van der Waals surface area contributed by atoms with Crippen molar-refractivity contribution in [1.82, 2.24) is 20.5 Å². The van der Waals surface area contributed by atoms with Gasteiger partial charge in [-0.1, -0.05) is 29.8 Å². The summed E-state index contributed by atoms with van der Waals surface area (Å²) in [5.41, 5.74) is 3.68. The molecule has 1 heterocycles. The highest BCUT2D eigenvalue weighted by Gasteiger charge is 2.14. The number of aromatic nitrogens is 1. The molecule has 2 rings (SSSR count).